The zero-order valence-electron chi connectivity index (χ0n) is 14.5. The fourth-order valence-corrected chi connectivity index (χ4v) is 4.09. The van der Waals surface area contributed by atoms with Crippen LogP contribution in [-0.2, 0) is 24.1 Å². The van der Waals surface area contributed by atoms with Crippen LogP contribution < -0.4 is 0 Å². The second-order valence-electron chi connectivity index (χ2n) is 6.30. The Labute approximate surface area is 162 Å². The van der Waals surface area contributed by atoms with E-state index in [1.807, 2.05) is 0 Å². The van der Waals surface area contributed by atoms with Gasteiger partial charge in [0, 0.05) is 0 Å². The Morgan fingerprint density at radius 1 is 1.21 bits per heavy atom. The number of carbonyl (C=O) groups excluding carboxylic acids is 1. The second kappa shape index (κ2) is 7.34. The smallest absolute Gasteiger partial charge is 0.416 e. The van der Waals surface area contributed by atoms with Crippen LogP contribution in [0.25, 0.3) is 0 Å². The van der Waals surface area contributed by atoms with Crippen LogP contribution in [0.2, 0.25) is 0 Å². The topological polar surface area (TPSA) is 64.2 Å². The summed E-state index contributed by atoms with van der Waals surface area (Å²) in [4.78, 5) is 13.9. The van der Waals surface area contributed by atoms with E-state index in [-0.39, 0.29) is 17.8 Å². The van der Waals surface area contributed by atoms with Crippen molar-refractivity contribution in [3.05, 3.63) is 71.4 Å². The number of amides is 1. The van der Waals surface area contributed by atoms with Gasteiger partial charge in [0.15, 0.2) is 0 Å². The predicted octanol–water partition coefficient (Wildman–Crippen LogP) is 3.71. The molecule has 0 bridgehead atoms. The highest BCUT2D eigenvalue weighted by molar-refractivity contribution is 8.00. The molecule has 0 N–H and O–H groups in total. The molecule has 1 aliphatic heterocycles. The Bertz CT molecular complexity index is 971. The van der Waals surface area contributed by atoms with Crippen LogP contribution >= 0.6 is 11.8 Å². The van der Waals surface area contributed by atoms with E-state index in [1.54, 1.807) is 35.6 Å². The van der Waals surface area contributed by atoms with Gasteiger partial charge in [-0.1, -0.05) is 17.3 Å². The summed E-state index contributed by atoms with van der Waals surface area (Å²) < 4.78 is 45.4. The Hall–Kier alpha value is -2.75. The van der Waals surface area contributed by atoms with Crippen molar-refractivity contribution in [1.29, 1.82) is 0 Å². The number of nitrogens with zero attached hydrogens (tertiary/aromatic N) is 4. The number of carbonyl (C=O) groups is 1. The number of halogens is 3. The van der Waals surface area contributed by atoms with Gasteiger partial charge in [-0.3, -0.25) is 4.79 Å². The summed E-state index contributed by atoms with van der Waals surface area (Å²) in [6, 6.07) is 8.64. The third kappa shape index (κ3) is 3.91. The maximum absolute atomic E-state index is 12.9. The third-order valence-corrected chi connectivity index (χ3v) is 5.51. The third-order valence-electron chi connectivity index (χ3n) is 4.28. The quantitative estimate of drug-likeness (QED) is 0.644. The molecule has 0 spiro atoms. The number of thioether (sulfide) groups is 1. The van der Waals surface area contributed by atoms with Crippen molar-refractivity contribution in [1.82, 2.24) is 19.9 Å². The molecule has 4 rings (SSSR count). The second-order valence-corrected chi connectivity index (χ2v) is 7.37. The lowest BCUT2D eigenvalue weighted by molar-refractivity contribution is -0.137. The van der Waals surface area contributed by atoms with Gasteiger partial charge in [0.05, 0.1) is 36.9 Å². The van der Waals surface area contributed by atoms with Gasteiger partial charge in [-0.25, -0.2) is 4.68 Å². The van der Waals surface area contributed by atoms with Crippen LogP contribution in [0.4, 0.5) is 13.2 Å². The average molecular weight is 408 g/mol. The molecule has 1 atom stereocenters. The van der Waals surface area contributed by atoms with Crippen molar-refractivity contribution in [2.75, 3.05) is 5.75 Å². The van der Waals surface area contributed by atoms with Crippen LogP contribution in [0.3, 0.4) is 0 Å². The molecule has 0 radical (unpaired) electrons. The van der Waals surface area contributed by atoms with Crippen molar-refractivity contribution >= 4 is 17.7 Å². The lowest BCUT2D eigenvalue weighted by Crippen LogP contribution is -2.27. The van der Waals surface area contributed by atoms with E-state index in [4.69, 9.17) is 4.42 Å². The molecular weight excluding hydrogens is 393 g/mol. The maximum atomic E-state index is 12.9. The van der Waals surface area contributed by atoms with Crippen LogP contribution in [-0.4, -0.2) is 31.6 Å². The maximum Gasteiger partial charge on any atom is 0.416 e. The highest BCUT2D eigenvalue weighted by atomic mass is 32.2. The van der Waals surface area contributed by atoms with Crippen molar-refractivity contribution in [3.8, 4) is 0 Å². The molecule has 1 fully saturated rings. The Morgan fingerprint density at radius 2 is 2.07 bits per heavy atom. The van der Waals surface area contributed by atoms with Crippen LogP contribution in [0.15, 0.2) is 53.3 Å². The predicted molar refractivity (Wildman–Crippen MR) is 95.0 cm³/mol. The molecule has 1 aromatic carbocycles. The van der Waals surface area contributed by atoms with Crippen LogP contribution in [0.1, 0.15) is 28.0 Å². The molecule has 1 saturated heterocycles. The molecule has 28 heavy (non-hydrogen) atoms. The van der Waals surface area contributed by atoms with Crippen molar-refractivity contribution < 1.29 is 22.4 Å². The number of aromatic nitrogens is 3. The van der Waals surface area contributed by atoms with Gasteiger partial charge in [0.25, 0.3) is 0 Å². The van der Waals surface area contributed by atoms with Crippen molar-refractivity contribution in [2.45, 2.75) is 24.6 Å². The number of furan rings is 1. The number of hydrogen-bond donors (Lipinski definition) is 0. The van der Waals surface area contributed by atoms with Gasteiger partial charge in [-0.2, -0.15) is 13.2 Å². The summed E-state index contributed by atoms with van der Waals surface area (Å²) in [5, 5.41) is 7.83. The number of benzene rings is 1. The number of rotatable bonds is 5. The van der Waals surface area contributed by atoms with E-state index in [9.17, 15) is 18.0 Å². The Kier molecular flexibility index (Phi) is 4.88. The van der Waals surface area contributed by atoms with Gasteiger partial charge < -0.3 is 9.32 Å². The van der Waals surface area contributed by atoms with E-state index < -0.39 is 11.7 Å². The molecule has 1 aliphatic rings. The summed E-state index contributed by atoms with van der Waals surface area (Å²) in [5.74, 6) is 0.960. The van der Waals surface area contributed by atoms with Crippen LogP contribution in [0.5, 0.6) is 0 Å². The molecule has 10 heteroatoms. The Balaban J connectivity index is 1.50. The van der Waals surface area contributed by atoms with E-state index in [0.717, 1.165) is 12.1 Å². The monoisotopic (exact) mass is 408 g/mol. The molecule has 1 amide bonds. The minimum atomic E-state index is -4.39. The zero-order chi connectivity index (χ0) is 19.7. The molecule has 0 saturated carbocycles. The Morgan fingerprint density at radius 3 is 2.82 bits per heavy atom. The molecule has 6 nitrogen and oxygen atoms in total. The first-order valence-electron chi connectivity index (χ1n) is 8.40. The molecule has 3 aromatic rings. The van der Waals surface area contributed by atoms with Crippen molar-refractivity contribution in [2.24, 2.45) is 0 Å². The lowest BCUT2D eigenvalue weighted by atomic mass is 10.1. The largest absolute Gasteiger partial charge is 0.467 e. The standard InChI is InChI=1S/C18H15F3N4O2S/c19-18(20,21)13-4-1-3-12(7-13)8-24-10-15(22-23-24)17-25(16(26)11-28-17)9-14-5-2-6-27-14/h1-7,10,17H,8-9,11H2/t17-/m1/s1. The van der Waals surface area contributed by atoms with Gasteiger partial charge >= 0.3 is 6.18 Å². The summed E-state index contributed by atoms with van der Waals surface area (Å²) >= 11 is 1.43. The first-order chi connectivity index (χ1) is 13.4. The van der Waals surface area contributed by atoms with Gasteiger partial charge in [0.2, 0.25) is 5.91 Å². The zero-order valence-corrected chi connectivity index (χ0v) is 15.3. The van der Waals surface area contributed by atoms with E-state index in [0.29, 0.717) is 29.3 Å². The summed E-state index contributed by atoms with van der Waals surface area (Å²) in [6.45, 7) is 0.477. The molecule has 146 valence electrons. The highest BCUT2D eigenvalue weighted by Gasteiger charge is 2.35. The van der Waals surface area contributed by atoms with E-state index >= 15 is 0 Å². The van der Waals surface area contributed by atoms with Gasteiger partial charge in [-0.05, 0) is 29.8 Å². The van der Waals surface area contributed by atoms with Gasteiger partial charge in [0.1, 0.15) is 16.8 Å². The highest BCUT2D eigenvalue weighted by Crippen LogP contribution is 2.38. The number of alkyl halides is 3. The lowest BCUT2D eigenvalue weighted by Gasteiger charge is -2.20. The normalized spacial score (nSPS) is 17.5. The summed E-state index contributed by atoms with van der Waals surface area (Å²) in [7, 11) is 0. The van der Waals surface area contributed by atoms with Crippen molar-refractivity contribution in [3.63, 3.8) is 0 Å². The van der Waals surface area contributed by atoms with Crippen LogP contribution in [0, 0.1) is 0 Å². The van der Waals surface area contributed by atoms with Gasteiger partial charge in [-0.15, -0.1) is 16.9 Å². The van der Waals surface area contributed by atoms with E-state index in [2.05, 4.69) is 10.3 Å². The summed E-state index contributed by atoms with van der Waals surface area (Å²) in [6.07, 6.45) is -1.19. The molecule has 2 aromatic heterocycles. The molecule has 3 heterocycles. The minimum Gasteiger partial charge on any atom is -0.467 e. The fraction of sp³-hybridized carbons (Fsp3) is 0.278. The first kappa shape index (κ1) is 18.6. The minimum absolute atomic E-state index is 0.0289. The molecular formula is C18H15F3N4O2S. The first-order valence-corrected chi connectivity index (χ1v) is 9.44. The molecule has 0 aliphatic carbocycles. The molecule has 0 unspecified atom stereocenters. The number of hydrogen-bond acceptors (Lipinski definition) is 5. The average Bonchev–Trinajstić information content (AvgIpc) is 3.38. The van der Waals surface area contributed by atoms with E-state index in [1.165, 1.54) is 22.5 Å². The summed E-state index contributed by atoms with van der Waals surface area (Å²) in [5.41, 5.74) is 0.343. The fourth-order valence-electron chi connectivity index (χ4n) is 2.98. The SMILES string of the molecule is O=C1CS[C@H](c2cn(Cc3cccc(C(F)(F)F)c3)nn2)N1Cc1ccco1.